The van der Waals surface area contributed by atoms with Gasteiger partial charge < -0.3 is 5.11 Å². The van der Waals surface area contributed by atoms with E-state index in [1.165, 1.54) is 11.1 Å². The van der Waals surface area contributed by atoms with Gasteiger partial charge in [0, 0.05) is 11.6 Å². The number of carboxylic acids is 1. The summed E-state index contributed by atoms with van der Waals surface area (Å²) < 4.78 is 0. The monoisotopic (exact) mass is 305 g/mol. The van der Waals surface area contributed by atoms with Crippen molar-refractivity contribution in [1.29, 1.82) is 0 Å². The van der Waals surface area contributed by atoms with E-state index in [2.05, 4.69) is 30.1 Å². The van der Waals surface area contributed by atoms with Crippen LogP contribution in [0.2, 0.25) is 0 Å². The van der Waals surface area contributed by atoms with Gasteiger partial charge in [0.25, 0.3) is 0 Å². The Morgan fingerprint density at radius 1 is 1.13 bits per heavy atom. The van der Waals surface area contributed by atoms with Gasteiger partial charge in [-0.2, -0.15) is 0 Å². The van der Waals surface area contributed by atoms with Crippen molar-refractivity contribution >= 4 is 16.9 Å². The van der Waals surface area contributed by atoms with E-state index < -0.39 is 5.97 Å². The predicted octanol–water partition coefficient (Wildman–Crippen LogP) is 4.79. The van der Waals surface area contributed by atoms with Crippen molar-refractivity contribution in [2.45, 2.75) is 26.2 Å². The lowest BCUT2D eigenvalue weighted by Crippen LogP contribution is -2.03. The number of fused-ring (bicyclic) bond motifs is 1. The van der Waals surface area contributed by atoms with Crippen molar-refractivity contribution in [2.24, 2.45) is 0 Å². The number of benzene rings is 2. The molecule has 1 unspecified atom stereocenters. The highest BCUT2D eigenvalue weighted by Crippen LogP contribution is 2.31. The van der Waals surface area contributed by atoms with Crippen LogP contribution in [-0.2, 0) is 4.79 Å². The molecule has 116 valence electrons. The number of pyridine rings is 1. The summed E-state index contributed by atoms with van der Waals surface area (Å²) in [5, 5.41) is 10.1. The summed E-state index contributed by atoms with van der Waals surface area (Å²) in [6.07, 6.45) is 1.94. The van der Waals surface area contributed by atoms with Crippen LogP contribution < -0.4 is 0 Å². The number of hydrogen-bond acceptors (Lipinski definition) is 2. The van der Waals surface area contributed by atoms with E-state index in [1.54, 1.807) is 0 Å². The number of aliphatic carboxylic acids is 1. The largest absolute Gasteiger partial charge is 0.481 e. The summed E-state index contributed by atoms with van der Waals surface area (Å²) in [5.41, 5.74) is 5.50. The van der Waals surface area contributed by atoms with E-state index in [0.717, 1.165) is 22.0 Å². The van der Waals surface area contributed by atoms with Crippen LogP contribution in [0.1, 0.15) is 30.4 Å². The molecule has 1 atom stereocenters. The van der Waals surface area contributed by atoms with Crippen LogP contribution in [0.25, 0.3) is 22.0 Å². The lowest BCUT2D eigenvalue weighted by Gasteiger charge is -2.13. The fraction of sp³-hybridized carbons (Fsp3) is 0.200. The summed E-state index contributed by atoms with van der Waals surface area (Å²) in [5.74, 6) is -0.806. The van der Waals surface area contributed by atoms with Gasteiger partial charge in [0.05, 0.1) is 11.9 Å². The minimum atomic E-state index is -0.779. The third kappa shape index (κ3) is 3.09. The molecule has 0 fully saturated rings. The van der Waals surface area contributed by atoms with Crippen LogP contribution in [0.15, 0.2) is 54.7 Å². The van der Waals surface area contributed by atoms with Crippen LogP contribution >= 0.6 is 0 Å². The number of carboxylic acid groups (broad SMARTS) is 1. The lowest BCUT2D eigenvalue weighted by atomic mass is 9.93. The maximum Gasteiger partial charge on any atom is 0.303 e. The maximum atomic E-state index is 10.9. The van der Waals surface area contributed by atoms with Gasteiger partial charge in [0.15, 0.2) is 0 Å². The smallest absolute Gasteiger partial charge is 0.303 e. The molecule has 3 aromatic rings. The second kappa shape index (κ2) is 6.21. The average Bonchev–Trinajstić information content (AvgIpc) is 2.53. The fourth-order valence-corrected chi connectivity index (χ4v) is 2.96. The standard InChI is InChI=1S/C20H19NO2/c1-13-5-3-4-6-16(13)17-9-10-21-19-12-15(7-8-18(17)19)14(2)11-20(22)23/h3-10,12,14H,11H2,1-2H3,(H,22,23). The fourth-order valence-electron chi connectivity index (χ4n) is 2.96. The predicted molar refractivity (Wildman–Crippen MR) is 92.6 cm³/mol. The number of rotatable bonds is 4. The maximum absolute atomic E-state index is 10.9. The summed E-state index contributed by atoms with van der Waals surface area (Å²) in [6.45, 7) is 4.03. The Kier molecular flexibility index (Phi) is 4.11. The topological polar surface area (TPSA) is 50.2 Å². The first kappa shape index (κ1) is 15.2. The first-order valence-electron chi connectivity index (χ1n) is 7.72. The molecule has 23 heavy (non-hydrogen) atoms. The van der Waals surface area contributed by atoms with Crippen molar-refractivity contribution in [1.82, 2.24) is 4.98 Å². The van der Waals surface area contributed by atoms with E-state index in [-0.39, 0.29) is 12.3 Å². The van der Waals surface area contributed by atoms with Gasteiger partial charge in [0.1, 0.15) is 0 Å². The molecule has 1 heterocycles. The van der Waals surface area contributed by atoms with Crippen molar-refractivity contribution in [3.63, 3.8) is 0 Å². The molecule has 0 saturated carbocycles. The Bertz CT molecular complexity index is 870. The van der Waals surface area contributed by atoms with Crippen molar-refractivity contribution in [3.8, 4) is 11.1 Å². The molecule has 0 bridgehead atoms. The molecule has 3 nitrogen and oxygen atoms in total. The van der Waals surface area contributed by atoms with Crippen LogP contribution in [0.4, 0.5) is 0 Å². The zero-order valence-electron chi connectivity index (χ0n) is 13.3. The van der Waals surface area contributed by atoms with Crippen molar-refractivity contribution in [3.05, 3.63) is 65.9 Å². The highest BCUT2D eigenvalue weighted by atomic mass is 16.4. The quantitative estimate of drug-likeness (QED) is 0.754. The molecule has 3 rings (SSSR count). The molecular formula is C20H19NO2. The Morgan fingerprint density at radius 2 is 1.91 bits per heavy atom. The summed E-state index contributed by atoms with van der Waals surface area (Å²) in [6, 6.07) is 16.4. The van der Waals surface area contributed by atoms with E-state index in [4.69, 9.17) is 5.11 Å². The Labute approximate surface area is 135 Å². The van der Waals surface area contributed by atoms with Gasteiger partial charge in [-0.3, -0.25) is 9.78 Å². The molecule has 2 aromatic carbocycles. The highest BCUT2D eigenvalue weighted by molar-refractivity contribution is 5.95. The zero-order chi connectivity index (χ0) is 16.4. The highest BCUT2D eigenvalue weighted by Gasteiger charge is 2.12. The molecule has 0 aliphatic heterocycles. The van der Waals surface area contributed by atoms with E-state index >= 15 is 0 Å². The summed E-state index contributed by atoms with van der Waals surface area (Å²) in [7, 11) is 0. The summed E-state index contributed by atoms with van der Waals surface area (Å²) >= 11 is 0. The van der Waals surface area contributed by atoms with Gasteiger partial charge >= 0.3 is 5.97 Å². The lowest BCUT2D eigenvalue weighted by molar-refractivity contribution is -0.137. The second-order valence-corrected chi connectivity index (χ2v) is 5.95. The van der Waals surface area contributed by atoms with Crippen LogP contribution in [0.5, 0.6) is 0 Å². The normalized spacial score (nSPS) is 12.3. The number of aryl methyl sites for hydroxylation is 1. The Morgan fingerprint density at radius 3 is 2.65 bits per heavy atom. The van der Waals surface area contributed by atoms with E-state index in [0.29, 0.717) is 0 Å². The van der Waals surface area contributed by atoms with E-state index in [9.17, 15) is 4.79 Å². The molecule has 0 aliphatic carbocycles. The molecule has 1 aromatic heterocycles. The third-order valence-electron chi connectivity index (χ3n) is 4.25. The molecule has 0 aliphatic rings. The first-order chi connectivity index (χ1) is 11.1. The van der Waals surface area contributed by atoms with Gasteiger partial charge in [-0.1, -0.05) is 43.3 Å². The zero-order valence-corrected chi connectivity index (χ0v) is 13.3. The first-order valence-corrected chi connectivity index (χ1v) is 7.72. The number of aromatic nitrogens is 1. The second-order valence-electron chi connectivity index (χ2n) is 5.95. The van der Waals surface area contributed by atoms with Crippen LogP contribution in [0.3, 0.4) is 0 Å². The third-order valence-corrected chi connectivity index (χ3v) is 4.25. The number of hydrogen-bond donors (Lipinski definition) is 1. The molecular weight excluding hydrogens is 286 g/mol. The number of carbonyl (C=O) groups is 1. The average molecular weight is 305 g/mol. The van der Waals surface area contributed by atoms with E-state index in [1.807, 2.05) is 43.5 Å². The van der Waals surface area contributed by atoms with Crippen molar-refractivity contribution in [2.75, 3.05) is 0 Å². The SMILES string of the molecule is Cc1ccccc1-c1ccnc2cc(C(C)CC(=O)O)ccc12. The number of nitrogens with zero attached hydrogens (tertiary/aromatic N) is 1. The Balaban J connectivity index is 2.10. The molecule has 1 N–H and O–H groups in total. The molecule has 3 heteroatoms. The summed E-state index contributed by atoms with van der Waals surface area (Å²) in [4.78, 5) is 15.4. The van der Waals surface area contributed by atoms with Crippen molar-refractivity contribution < 1.29 is 9.90 Å². The van der Waals surface area contributed by atoms with Crippen LogP contribution in [0, 0.1) is 6.92 Å². The van der Waals surface area contributed by atoms with Crippen LogP contribution in [-0.4, -0.2) is 16.1 Å². The molecule has 0 amide bonds. The Hall–Kier alpha value is -2.68. The molecule has 0 radical (unpaired) electrons. The van der Waals surface area contributed by atoms with Gasteiger partial charge in [-0.25, -0.2) is 0 Å². The van der Waals surface area contributed by atoms with Gasteiger partial charge in [-0.15, -0.1) is 0 Å². The van der Waals surface area contributed by atoms with Gasteiger partial charge in [0.2, 0.25) is 0 Å². The minimum absolute atomic E-state index is 0.0270. The van der Waals surface area contributed by atoms with Gasteiger partial charge in [-0.05, 0) is 47.2 Å². The molecule has 0 spiro atoms. The molecule has 0 saturated heterocycles. The minimum Gasteiger partial charge on any atom is -0.481 e.